The quantitative estimate of drug-likeness (QED) is 0.406. The number of alkyl halides is 2. The number of carbonyl (C=O) groups excluding carboxylic acids is 1. The van der Waals surface area contributed by atoms with Crippen LogP contribution in [0.4, 0.5) is 20.5 Å². The Morgan fingerprint density at radius 2 is 1.80 bits per heavy atom. The standard InChI is InChI=1S/C20H18F2N10O3/c1-29-16-14(17(34)30(2)19(29)35)31(10-26-16)7-13(33)27-12-3-4-23-15(28-12)11-5-24-18(25-6-11)32-8-20(21,22)9-32/h3-6,10H,7-9H2,1-2H3,(H,23,27,28,33). The minimum absolute atomic E-state index is 0.116. The number of imidazole rings is 1. The normalized spacial score (nSPS) is 14.7. The molecule has 4 aromatic heterocycles. The molecule has 1 fully saturated rings. The summed E-state index contributed by atoms with van der Waals surface area (Å²) in [6.45, 7) is -1.11. The maximum atomic E-state index is 13.0. The number of aryl methyl sites for hydroxylation is 1. The second-order valence-electron chi connectivity index (χ2n) is 8.05. The van der Waals surface area contributed by atoms with E-state index in [1.54, 1.807) is 0 Å². The Labute approximate surface area is 194 Å². The second kappa shape index (κ2) is 8.03. The highest BCUT2D eigenvalue weighted by atomic mass is 19.3. The zero-order chi connectivity index (χ0) is 24.9. The van der Waals surface area contributed by atoms with Crippen LogP contribution in [0.25, 0.3) is 22.6 Å². The first kappa shape index (κ1) is 22.2. The van der Waals surface area contributed by atoms with E-state index in [0.29, 0.717) is 5.56 Å². The van der Waals surface area contributed by atoms with Gasteiger partial charge in [0.1, 0.15) is 12.4 Å². The van der Waals surface area contributed by atoms with E-state index in [0.717, 1.165) is 4.57 Å². The smallest absolute Gasteiger partial charge is 0.329 e. The number of amides is 1. The minimum Gasteiger partial charge on any atom is -0.329 e. The van der Waals surface area contributed by atoms with Crippen molar-refractivity contribution in [3.63, 3.8) is 0 Å². The maximum Gasteiger partial charge on any atom is 0.332 e. The molecule has 0 bridgehead atoms. The van der Waals surface area contributed by atoms with Gasteiger partial charge in [0.25, 0.3) is 11.5 Å². The van der Waals surface area contributed by atoms with Gasteiger partial charge in [0.05, 0.1) is 25.0 Å². The Kier molecular flexibility index (Phi) is 5.11. The number of anilines is 2. The van der Waals surface area contributed by atoms with Crippen molar-refractivity contribution in [1.29, 1.82) is 0 Å². The van der Waals surface area contributed by atoms with Crippen LogP contribution >= 0.6 is 0 Å². The van der Waals surface area contributed by atoms with Crippen molar-refractivity contribution < 1.29 is 13.6 Å². The number of nitrogens with zero attached hydrogens (tertiary/aromatic N) is 9. The fraction of sp³-hybridized carbons (Fsp3) is 0.300. The summed E-state index contributed by atoms with van der Waals surface area (Å²) >= 11 is 0. The van der Waals surface area contributed by atoms with Gasteiger partial charge in [-0.05, 0) is 6.07 Å². The van der Waals surface area contributed by atoms with Gasteiger partial charge >= 0.3 is 5.69 Å². The van der Waals surface area contributed by atoms with E-state index in [1.807, 2.05) is 0 Å². The first-order chi connectivity index (χ1) is 16.6. The van der Waals surface area contributed by atoms with Crippen LogP contribution in [0.2, 0.25) is 0 Å². The van der Waals surface area contributed by atoms with Crippen LogP contribution in [0.5, 0.6) is 0 Å². The number of halogens is 2. The van der Waals surface area contributed by atoms with Crippen LogP contribution in [0, 0.1) is 0 Å². The third-order valence-electron chi connectivity index (χ3n) is 5.48. The molecule has 1 aliphatic rings. The average molecular weight is 484 g/mol. The molecule has 5 heterocycles. The van der Waals surface area contributed by atoms with Gasteiger partial charge in [-0.1, -0.05) is 0 Å². The maximum absolute atomic E-state index is 13.0. The fourth-order valence-corrected chi connectivity index (χ4v) is 3.67. The summed E-state index contributed by atoms with van der Waals surface area (Å²) in [5.74, 6) is -2.63. The molecule has 0 atom stereocenters. The molecule has 1 aliphatic heterocycles. The zero-order valence-corrected chi connectivity index (χ0v) is 18.5. The Morgan fingerprint density at radius 1 is 1.09 bits per heavy atom. The molecule has 35 heavy (non-hydrogen) atoms. The number of rotatable bonds is 5. The van der Waals surface area contributed by atoms with Crippen LogP contribution in [-0.2, 0) is 25.4 Å². The van der Waals surface area contributed by atoms with Gasteiger partial charge in [-0.3, -0.25) is 18.7 Å². The van der Waals surface area contributed by atoms with Crippen LogP contribution in [-0.4, -0.2) is 63.5 Å². The Morgan fingerprint density at radius 3 is 2.49 bits per heavy atom. The molecule has 0 saturated carbocycles. The number of aromatic nitrogens is 8. The highest BCUT2D eigenvalue weighted by Crippen LogP contribution is 2.29. The lowest BCUT2D eigenvalue weighted by Gasteiger charge is -2.38. The van der Waals surface area contributed by atoms with Gasteiger partial charge in [0.15, 0.2) is 17.0 Å². The molecule has 0 radical (unpaired) electrons. The third-order valence-corrected chi connectivity index (χ3v) is 5.48. The van der Waals surface area contributed by atoms with E-state index >= 15 is 0 Å². The van der Waals surface area contributed by atoms with Crippen LogP contribution in [0.3, 0.4) is 0 Å². The molecule has 0 unspecified atom stereocenters. The van der Waals surface area contributed by atoms with E-state index in [2.05, 4.69) is 30.2 Å². The first-order valence-corrected chi connectivity index (χ1v) is 10.3. The van der Waals surface area contributed by atoms with Crippen molar-refractivity contribution in [2.75, 3.05) is 23.3 Å². The van der Waals surface area contributed by atoms with Crippen molar-refractivity contribution in [1.82, 2.24) is 38.6 Å². The number of nitrogens with one attached hydrogen (secondary N) is 1. The molecule has 0 spiro atoms. The van der Waals surface area contributed by atoms with Gasteiger partial charge in [-0.15, -0.1) is 0 Å². The van der Waals surface area contributed by atoms with Crippen molar-refractivity contribution in [3.05, 3.63) is 51.8 Å². The molecule has 13 nitrogen and oxygen atoms in total. The molecule has 0 aliphatic carbocycles. The third kappa shape index (κ3) is 4.00. The fourth-order valence-electron chi connectivity index (χ4n) is 3.67. The van der Waals surface area contributed by atoms with E-state index in [-0.39, 0.29) is 35.3 Å². The lowest BCUT2D eigenvalue weighted by molar-refractivity contribution is -0.116. The SMILES string of the molecule is Cn1c(=O)c2c(ncn2CC(=O)Nc2ccnc(-c3cnc(N4CC(F)(F)C4)nc3)n2)n(C)c1=O. The predicted molar refractivity (Wildman–Crippen MR) is 119 cm³/mol. The number of fused-ring (bicyclic) bond motifs is 1. The highest BCUT2D eigenvalue weighted by molar-refractivity contribution is 5.90. The lowest BCUT2D eigenvalue weighted by atomic mass is 10.2. The highest BCUT2D eigenvalue weighted by Gasteiger charge is 2.45. The summed E-state index contributed by atoms with van der Waals surface area (Å²) in [6, 6.07) is 1.48. The molecule has 1 N–H and O–H groups in total. The topological polar surface area (TPSA) is 146 Å². The molecule has 15 heteroatoms. The number of hydrogen-bond acceptors (Lipinski definition) is 9. The Hall–Kier alpha value is -4.56. The summed E-state index contributed by atoms with van der Waals surface area (Å²) in [5, 5.41) is 2.62. The largest absolute Gasteiger partial charge is 0.332 e. The van der Waals surface area contributed by atoms with Crippen LogP contribution < -0.4 is 21.5 Å². The second-order valence-corrected chi connectivity index (χ2v) is 8.05. The molecular weight excluding hydrogens is 466 g/mol. The van der Waals surface area contributed by atoms with Crippen LogP contribution in [0.1, 0.15) is 0 Å². The molecule has 0 aromatic carbocycles. The van der Waals surface area contributed by atoms with E-state index < -0.39 is 36.2 Å². The van der Waals surface area contributed by atoms with Gasteiger partial charge in [0, 0.05) is 32.7 Å². The molecule has 5 rings (SSSR count). The molecule has 1 saturated heterocycles. The summed E-state index contributed by atoms with van der Waals surface area (Å²) in [5.41, 5.74) is -0.373. The molecule has 4 aromatic rings. The Balaban J connectivity index is 1.32. The van der Waals surface area contributed by atoms with Gasteiger partial charge in [0.2, 0.25) is 11.9 Å². The number of hydrogen-bond donors (Lipinski definition) is 1. The molecule has 1 amide bonds. The number of carbonyl (C=O) groups is 1. The summed E-state index contributed by atoms with van der Waals surface area (Å²) in [4.78, 5) is 59.3. The van der Waals surface area contributed by atoms with E-state index in [9.17, 15) is 23.2 Å². The minimum atomic E-state index is -2.73. The summed E-state index contributed by atoms with van der Waals surface area (Å²) in [7, 11) is 2.83. The predicted octanol–water partition coefficient (Wildman–Crippen LogP) is -0.225. The molecule has 180 valence electrons. The van der Waals surface area contributed by atoms with Crippen molar-refractivity contribution in [2.24, 2.45) is 14.1 Å². The summed E-state index contributed by atoms with van der Waals surface area (Å²) < 4.78 is 29.6. The Bertz CT molecular complexity index is 1570. The summed E-state index contributed by atoms with van der Waals surface area (Å²) in [6.07, 6.45) is 5.57. The van der Waals surface area contributed by atoms with Gasteiger partial charge in [-0.2, -0.15) is 0 Å². The van der Waals surface area contributed by atoms with Crippen molar-refractivity contribution in [2.45, 2.75) is 12.5 Å². The van der Waals surface area contributed by atoms with E-state index in [4.69, 9.17) is 0 Å². The van der Waals surface area contributed by atoms with Gasteiger partial charge < -0.3 is 14.8 Å². The zero-order valence-electron chi connectivity index (χ0n) is 18.5. The van der Waals surface area contributed by atoms with Gasteiger partial charge in [-0.25, -0.2) is 38.5 Å². The lowest BCUT2D eigenvalue weighted by Crippen LogP contribution is -2.57. The van der Waals surface area contributed by atoms with E-state index in [1.165, 1.54) is 59.1 Å². The average Bonchev–Trinajstić information content (AvgIpc) is 3.23. The van der Waals surface area contributed by atoms with Crippen molar-refractivity contribution in [3.8, 4) is 11.4 Å². The van der Waals surface area contributed by atoms with Crippen LogP contribution in [0.15, 0.2) is 40.6 Å². The monoisotopic (exact) mass is 484 g/mol. The van der Waals surface area contributed by atoms with Crippen molar-refractivity contribution >= 4 is 28.8 Å². The first-order valence-electron chi connectivity index (χ1n) is 10.3. The molecular formula is C20H18F2N10O3.